The van der Waals surface area contributed by atoms with Crippen LogP contribution in [0.25, 0.3) is 10.9 Å². The molecule has 1 N–H and O–H groups in total. The Bertz CT molecular complexity index is 1400. The lowest BCUT2D eigenvalue weighted by Crippen LogP contribution is -2.22. The van der Waals surface area contributed by atoms with E-state index in [1.165, 1.54) is 4.90 Å². The second kappa shape index (κ2) is 9.69. The summed E-state index contributed by atoms with van der Waals surface area (Å²) in [5, 5.41) is 7.89. The summed E-state index contributed by atoms with van der Waals surface area (Å²) in [6, 6.07) is 16.8. The molecule has 1 saturated carbocycles. The zero-order chi connectivity index (χ0) is 25.4. The first kappa shape index (κ1) is 24.5. The number of aromatic nitrogens is 3. The van der Waals surface area contributed by atoms with Gasteiger partial charge in [-0.05, 0) is 73.5 Å². The van der Waals surface area contributed by atoms with Gasteiger partial charge in [0.25, 0.3) is 5.91 Å². The normalized spacial score (nSPS) is 13.9. The zero-order valence-electron chi connectivity index (χ0n) is 20.1. The summed E-state index contributed by atoms with van der Waals surface area (Å²) in [7, 11) is 0. The fourth-order valence-electron chi connectivity index (χ4n) is 4.52. The molecule has 5 nitrogen and oxygen atoms in total. The number of carbonyl (C=O) groups is 1. The first-order valence-corrected chi connectivity index (χ1v) is 13.0. The third kappa shape index (κ3) is 5.16. The van der Waals surface area contributed by atoms with Crippen molar-refractivity contribution in [1.29, 1.82) is 0 Å². The molecule has 0 saturated heterocycles. The predicted molar refractivity (Wildman–Crippen MR) is 135 cm³/mol. The Hall–Kier alpha value is -3.20. The summed E-state index contributed by atoms with van der Waals surface area (Å²) >= 11 is 1.77. The number of nitrogens with zero attached hydrogens (tertiary/aromatic N) is 3. The Balaban J connectivity index is 1.38. The second-order valence-electron chi connectivity index (χ2n) is 9.10. The lowest BCUT2D eigenvalue weighted by Gasteiger charge is -2.13. The highest BCUT2D eigenvalue weighted by molar-refractivity contribution is 7.99. The maximum atomic E-state index is 13.5. The third-order valence-corrected chi connectivity index (χ3v) is 7.18. The molecule has 0 bridgehead atoms. The molecule has 9 heteroatoms. The van der Waals surface area contributed by atoms with Gasteiger partial charge >= 0.3 is 6.18 Å². The van der Waals surface area contributed by atoms with E-state index in [1.807, 2.05) is 30.3 Å². The van der Waals surface area contributed by atoms with Crippen molar-refractivity contribution in [2.75, 3.05) is 5.75 Å². The lowest BCUT2D eigenvalue weighted by atomic mass is 10.1. The highest BCUT2D eigenvalue weighted by atomic mass is 32.2. The van der Waals surface area contributed by atoms with Crippen molar-refractivity contribution in [3.8, 4) is 0 Å². The second-order valence-corrected chi connectivity index (χ2v) is 10.4. The van der Waals surface area contributed by atoms with Crippen molar-refractivity contribution in [3.05, 3.63) is 82.8 Å². The minimum absolute atomic E-state index is 0.0156. The molecule has 0 radical (unpaired) electrons. The number of fused-ring (bicyclic) bond motifs is 1. The highest BCUT2D eigenvalue weighted by Crippen LogP contribution is 2.40. The van der Waals surface area contributed by atoms with Crippen molar-refractivity contribution < 1.29 is 18.0 Å². The molecule has 2 heterocycles. The van der Waals surface area contributed by atoms with Gasteiger partial charge in [0.2, 0.25) is 0 Å². The Kier molecular flexibility index (Phi) is 6.59. The summed E-state index contributed by atoms with van der Waals surface area (Å²) < 4.78 is 43.7. The maximum absolute atomic E-state index is 13.5. The fraction of sp³-hybridized carbons (Fsp3) is 0.333. The molecule has 188 valence electrons. The minimum atomic E-state index is -4.47. The molecule has 0 unspecified atom stereocenters. The molecule has 1 aliphatic carbocycles. The molecule has 0 aliphatic heterocycles. The van der Waals surface area contributed by atoms with Crippen LogP contribution in [0.2, 0.25) is 0 Å². The number of alkyl halides is 3. The third-order valence-electron chi connectivity index (χ3n) is 6.28. The standard InChI is InChI=1S/C27H27F3N4OS/c1-3-36-23-9-4-18(5-10-23)15-31-26(35)19-6-11-24-20(13-19)14-22(34(24)21-7-8-21)16-33-25(27(28,29)30)12-17(2)32-33/h4-6,9-14,21H,3,7-8,15-16H2,1-2H3,(H,31,35). The molecule has 1 fully saturated rings. The Morgan fingerprint density at radius 2 is 1.86 bits per heavy atom. The van der Waals surface area contributed by atoms with Crippen LogP contribution in [0.15, 0.2) is 59.5 Å². The number of hydrogen-bond donors (Lipinski definition) is 1. The molecule has 1 amide bonds. The molecule has 1 aliphatic rings. The number of amides is 1. The Morgan fingerprint density at radius 3 is 2.53 bits per heavy atom. The van der Waals surface area contributed by atoms with Crippen molar-refractivity contribution in [1.82, 2.24) is 19.7 Å². The average molecular weight is 513 g/mol. The molecule has 2 aromatic carbocycles. The lowest BCUT2D eigenvalue weighted by molar-refractivity contribution is -0.144. The number of halogens is 3. The molecular formula is C27H27F3N4OS. The van der Waals surface area contributed by atoms with Gasteiger partial charge in [0.1, 0.15) is 5.69 Å². The van der Waals surface area contributed by atoms with Gasteiger partial charge in [-0.2, -0.15) is 18.3 Å². The summed E-state index contributed by atoms with van der Waals surface area (Å²) in [6.07, 6.45) is -2.50. The van der Waals surface area contributed by atoms with Crippen LogP contribution in [-0.4, -0.2) is 26.0 Å². The van der Waals surface area contributed by atoms with Crippen LogP contribution in [0.4, 0.5) is 13.2 Å². The van der Waals surface area contributed by atoms with Crippen LogP contribution in [0.3, 0.4) is 0 Å². The number of benzene rings is 2. The van der Waals surface area contributed by atoms with E-state index in [2.05, 4.69) is 34.0 Å². The van der Waals surface area contributed by atoms with Gasteiger partial charge in [0.15, 0.2) is 0 Å². The first-order chi connectivity index (χ1) is 17.2. The number of rotatable bonds is 8. The van der Waals surface area contributed by atoms with Crippen LogP contribution >= 0.6 is 11.8 Å². The van der Waals surface area contributed by atoms with Gasteiger partial charge in [0, 0.05) is 39.6 Å². The molecular weight excluding hydrogens is 485 g/mol. The van der Waals surface area contributed by atoms with E-state index in [0.717, 1.165) is 51.5 Å². The number of carbonyl (C=O) groups excluding carboxylic acids is 1. The maximum Gasteiger partial charge on any atom is 0.433 e. The number of aryl methyl sites for hydroxylation is 1. The summed E-state index contributed by atoms with van der Waals surface area (Å²) in [5.74, 6) is 0.820. The van der Waals surface area contributed by atoms with Gasteiger partial charge in [-0.25, -0.2) is 0 Å². The highest BCUT2D eigenvalue weighted by Gasteiger charge is 2.36. The monoisotopic (exact) mass is 512 g/mol. The summed E-state index contributed by atoms with van der Waals surface area (Å²) in [4.78, 5) is 14.1. The van der Waals surface area contributed by atoms with Crippen LogP contribution in [0.1, 0.15) is 58.8 Å². The first-order valence-electron chi connectivity index (χ1n) is 12.0. The summed E-state index contributed by atoms with van der Waals surface area (Å²) in [6.45, 7) is 4.10. The van der Waals surface area contributed by atoms with Crippen molar-refractivity contribution in [2.24, 2.45) is 0 Å². The van der Waals surface area contributed by atoms with Gasteiger partial charge < -0.3 is 9.88 Å². The van der Waals surface area contributed by atoms with Gasteiger partial charge in [-0.3, -0.25) is 9.48 Å². The van der Waals surface area contributed by atoms with Crippen LogP contribution < -0.4 is 5.32 Å². The summed E-state index contributed by atoms with van der Waals surface area (Å²) in [5.41, 5.74) is 2.78. The fourth-order valence-corrected chi connectivity index (χ4v) is 5.18. The molecule has 0 atom stereocenters. The molecule has 5 rings (SSSR count). The zero-order valence-corrected chi connectivity index (χ0v) is 20.9. The average Bonchev–Trinajstić information content (AvgIpc) is 3.50. The van der Waals surface area contributed by atoms with Crippen LogP contribution in [-0.2, 0) is 19.3 Å². The predicted octanol–water partition coefficient (Wildman–Crippen LogP) is 6.59. The van der Waals surface area contributed by atoms with Gasteiger partial charge in [0.05, 0.1) is 12.2 Å². The minimum Gasteiger partial charge on any atom is -0.348 e. The van der Waals surface area contributed by atoms with Crippen LogP contribution in [0, 0.1) is 6.92 Å². The number of hydrogen-bond acceptors (Lipinski definition) is 3. The van der Waals surface area contributed by atoms with E-state index >= 15 is 0 Å². The van der Waals surface area contributed by atoms with E-state index in [4.69, 9.17) is 0 Å². The Morgan fingerprint density at radius 1 is 1.11 bits per heavy atom. The van der Waals surface area contributed by atoms with Crippen molar-refractivity contribution >= 4 is 28.6 Å². The van der Waals surface area contributed by atoms with E-state index < -0.39 is 11.9 Å². The van der Waals surface area contributed by atoms with Gasteiger partial charge in [-0.15, -0.1) is 11.8 Å². The SMILES string of the molecule is CCSc1ccc(CNC(=O)c2ccc3c(c2)cc(Cn2nc(C)cc2C(F)(F)F)n3C2CC2)cc1. The number of thioether (sulfide) groups is 1. The molecule has 2 aromatic heterocycles. The van der Waals surface area contributed by atoms with E-state index in [-0.39, 0.29) is 18.5 Å². The smallest absolute Gasteiger partial charge is 0.348 e. The van der Waals surface area contributed by atoms with Crippen molar-refractivity contribution in [2.45, 2.75) is 56.9 Å². The topological polar surface area (TPSA) is 51.9 Å². The van der Waals surface area contributed by atoms with E-state index in [0.29, 0.717) is 17.8 Å². The number of nitrogens with one attached hydrogen (secondary N) is 1. The van der Waals surface area contributed by atoms with Crippen LogP contribution in [0.5, 0.6) is 0 Å². The largest absolute Gasteiger partial charge is 0.433 e. The Labute approximate surface area is 211 Å². The van der Waals surface area contributed by atoms with Gasteiger partial charge in [-0.1, -0.05) is 19.1 Å². The molecule has 4 aromatic rings. The molecule has 0 spiro atoms. The molecule has 36 heavy (non-hydrogen) atoms. The van der Waals surface area contributed by atoms with Crippen molar-refractivity contribution in [3.63, 3.8) is 0 Å². The quantitative estimate of drug-likeness (QED) is 0.271. The van der Waals surface area contributed by atoms with E-state index in [1.54, 1.807) is 24.8 Å². The van der Waals surface area contributed by atoms with E-state index in [9.17, 15) is 18.0 Å².